The van der Waals surface area contributed by atoms with Crippen LogP contribution in [-0.2, 0) is 9.59 Å². The largest absolute Gasteiger partial charge is 0.493 e. The van der Waals surface area contributed by atoms with Gasteiger partial charge in [0.15, 0.2) is 0 Å². The van der Waals surface area contributed by atoms with Gasteiger partial charge in [-0.1, -0.05) is 30.3 Å². The van der Waals surface area contributed by atoms with Crippen LogP contribution >= 0.6 is 0 Å². The number of carbonyl (C=O) groups is 2. The van der Waals surface area contributed by atoms with Crippen molar-refractivity contribution in [3.63, 3.8) is 0 Å². The number of amides is 2. The molecule has 1 heterocycles. The first-order valence-corrected chi connectivity index (χ1v) is 7.76. The number of nitrogens with one attached hydrogen (secondary N) is 1. The van der Waals surface area contributed by atoms with Crippen LogP contribution in [0, 0.1) is 6.92 Å². The second-order valence-electron chi connectivity index (χ2n) is 5.45. The highest BCUT2D eigenvalue weighted by Gasteiger charge is 2.34. The average Bonchev–Trinajstić information content (AvgIpc) is 2.85. The standard InChI is InChI=1S/C19H18N2O3/c1-3-24-17-10-5-4-8-14(17)12-16-18(22)20-21(19(16)23)15-9-6-7-13(2)11-15/h4-12H,3H2,1-2H3,(H,20,22). The minimum Gasteiger partial charge on any atom is -0.493 e. The number of hydrazine groups is 1. The highest BCUT2D eigenvalue weighted by molar-refractivity contribution is 6.31. The molecule has 2 aromatic rings. The van der Waals surface area contributed by atoms with E-state index in [1.807, 2.05) is 56.3 Å². The van der Waals surface area contributed by atoms with Gasteiger partial charge >= 0.3 is 0 Å². The quantitative estimate of drug-likeness (QED) is 0.695. The van der Waals surface area contributed by atoms with Crippen molar-refractivity contribution in [2.24, 2.45) is 0 Å². The maximum absolute atomic E-state index is 12.6. The van der Waals surface area contributed by atoms with Crippen LogP contribution in [0.2, 0.25) is 0 Å². The number of hydrogen-bond donors (Lipinski definition) is 1. The number of nitrogens with zero attached hydrogens (tertiary/aromatic N) is 1. The number of carbonyl (C=O) groups excluding carboxylic acids is 2. The molecule has 0 bridgehead atoms. The van der Waals surface area contributed by atoms with Gasteiger partial charge in [0.25, 0.3) is 11.8 Å². The highest BCUT2D eigenvalue weighted by Crippen LogP contribution is 2.25. The fourth-order valence-electron chi connectivity index (χ4n) is 2.55. The summed E-state index contributed by atoms with van der Waals surface area (Å²) in [5.41, 5.74) is 5.03. The first-order chi connectivity index (χ1) is 11.6. The number of ether oxygens (including phenoxy) is 1. The Kier molecular flexibility index (Phi) is 4.33. The molecule has 2 amide bonds. The van der Waals surface area contributed by atoms with Crippen molar-refractivity contribution >= 4 is 23.6 Å². The van der Waals surface area contributed by atoms with Crippen LogP contribution in [0.3, 0.4) is 0 Å². The van der Waals surface area contributed by atoms with Crippen LogP contribution in [0.25, 0.3) is 6.08 Å². The molecule has 122 valence electrons. The van der Waals surface area contributed by atoms with Crippen molar-refractivity contribution in [2.75, 3.05) is 11.6 Å². The van der Waals surface area contributed by atoms with Gasteiger partial charge in [-0.2, -0.15) is 0 Å². The third-order valence-electron chi connectivity index (χ3n) is 3.67. The number of benzene rings is 2. The fraction of sp³-hybridized carbons (Fsp3) is 0.158. The summed E-state index contributed by atoms with van der Waals surface area (Å²) in [6.45, 7) is 4.33. The van der Waals surface area contributed by atoms with Gasteiger partial charge in [-0.3, -0.25) is 15.0 Å². The van der Waals surface area contributed by atoms with Crippen molar-refractivity contribution < 1.29 is 14.3 Å². The van der Waals surface area contributed by atoms with Crippen molar-refractivity contribution in [1.82, 2.24) is 5.43 Å². The maximum atomic E-state index is 12.6. The van der Waals surface area contributed by atoms with Crippen molar-refractivity contribution in [3.05, 3.63) is 65.2 Å². The monoisotopic (exact) mass is 322 g/mol. The van der Waals surface area contributed by atoms with Crippen molar-refractivity contribution in [1.29, 1.82) is 0 Å². The summed E-state index contributed by atoms with van der Waals surface area (Å²) in [6.07, 6.45) is 1.57. The highest BCUT2D eigenvalue weighted by atomic mass is 16.5. The Morgan fingerprint density at radius 2 is 1.92 bits per heavy atom. The summed E-state index contributed by atoms with van der Waals surface area (Å²) in [6, 6.07) is 14.7. The summed E-state index contributed by atoms with van der Waals surface area (Å²) in [5.74, 6) is -0.160. The van der Waals surface area contributed by atoms with E-state index in [9.17, 15) is 9.59 Å². The molecule has 3 rings (SSSR count). The SMILES string of the molecule is CCOc1ccccc1C=C1C(=O)NN(c2cccc(C)c2)C1=O. The van der Waals surface area contributed by atoms with E-state index in [1.165, 1.54) is 5.01 Å². The molecule has 0 aliphatic carbocycles. The predicted octanol–water partition coefficient (Wildman–Crippen LogP) is 2.86. The lowest BCUT2D eigenvalue weighted by atomic mass is 10.1. The summed E-state index contributed by atoms with van der Waals surface area (Å²) in [4.78, 5) is 24.9. The molecule has 5 heteroatoms. The second-order valence-corrected chi connectivity index (χ2v) is 5.45. The van der Waals surface area contributed by atoms with Crippen LogP contribution in [0.15, 0.2) is 54.1 Å². The molecular formula is C19H18N2O3. The Morgan fingerprint density at radius 1 is 1.12 bits per heavy atom. The zero-order chi connectivity index (χ0) is 17.1. The molecule has 5 nitrogen and oxygen atoms in total. The van der Waals surface area contributed by atoms with Crippen molar-refractivity contribution in [2.45, 2.75) is 13.8 Å². The summed E-state index contributed by atoms with van der Waals surface area (Å²) >= 11 is 0. The van der Waals surface area contributed by atoms with E-state index in [4.69, 9.17) is 4.74 Å². The molecule has 0 atom stereocenters. The lowest BCUT2D eigenvalue weighted by molar-refractivity contribution is -0.117. The number of hydrogen-bond acceptors (Lipinski definition) is 3. The Labute approximate surface area is 140 Å². The van der Waals surface area contributed by atoms with E-state index in [-0.39, 0.29) is 11.5 Å². The molecular weight excluding hydrogens is 304 g/mol. The van der Waals surface area contributed by atoms with Crippen LogP contribution in [-0.4, -0.2) is 18.4 Å². The first kappa shape index (κ1) is 15.8. The van der Waals surface area contributed by atoms with Crippen molar-refractivity contribution in [3.8, 4) is 5.75 Å². The minimum atomic E-state index is -0.423. The average molecular weight is 322 g/mol. The van der Waals surface area contributed by atoms with Gasteiger partial charge in [-0.25, -0.2) is 5.01 Å². The van der Waals surface area contributed by atoms with E-state index < -0.39 is 5.91 Å². The summed E-state index contributed by atoms with van der Waals surface area (Å²) in [7, 11) is 0. The minimum absolute atomic E-state index is 0.0867. The van der Waals surface area contributed by atoms with Gasteiger partial charge < -0.3 is 4.74 Å². The van der Waals surface area contributed by atoms with Gasteiger partial charge in [-0.15, -0.1) is 0 Å². The van der Waals surface area contributed by atoms with Crippen LogP contribution in [0.1, 0.15) is 18.1 Å². The van der Waals surface area contributed by atoms with Crippen LogP contribution < -0.4 is 15.2 Å². The third kappa shape index (κ3) is 3.01. The number of anilines is 1. The van der Waals surface area contributed by atoms with Gasteiger partial charge in [0.05, 0.1) is 12.3 Å². The van der Waals surface area contributed by atoms with E-state index in [0.29, 0.717) is 23.6 Å². The molecule has 1 fully saturated rings. The molecule has 24 heavy (non-hydrogen) atoms. The zero-order valence-electron chi connectivity index (χ0n) is 13.6. The van der Waals surface area contributed by atoms with Gasteiger partial charge in [0.1, 0.15) is 11.3 Å². The molecule has 1 saturated heterocycles. The molecule has 0 aromatic heterocycles. The first-order valence-electron chi connectivity index (χ1n) is 7.76. The molecule has 2 aromatic carbocycles. The smallest absolute Gasteiger partial charge is 0.282 e. The lowest BCUT2D eigenvalue weighted by Gasteiger charge is -2.14. The number of para-hydroxylation sites is 1. The Balaban J connectivity index is 1.95. The third-order valence-corrected chi connectivity index (χ3v) is 3.67. The maximum Gasteiger partial charge on any atom is 0.282 e. The molecule has 0 unspecified atom stereocenters. The number of aryl methyl sites for hydroxylation is 1. The molecule has 1 aliphatic rings. The van der Waals surface area contributed by atoms with E-state index in [1.54, 1.807) is 12.1 Å². The summed E-state index contributed by atoms with van der Waals surface area (Å²) in [5, 5.41) is 1.27. The van der Waals surface area contributed by atoms with E-state index >= 15 is 0 Å². The molecule has 0 saturated carbocycles. The topological polar surface area (TPSA) is 58.6 Å². The van der Waals surface area contributed by atoms with E-state index in [2.05, 4.69) is 5.43 Å². The van der Waals surface area contributed by atoms with Gasteiger partial charge in [0, 0.05) is 5.56 Å². The molecule has 0 radical (unpaired) electrons. The fourth-order valence-corrected chi connectivity index (χ4v) is 2.55. The zero-order valence-corrected chi connectivity index (χ0v) is 13.6. The predicted molar refractivity (Wildman–Crippen MR) is 92.4 cm³/mol. The Bertz CT molecular complexity index is 827. The number of rotatable bonds is 4. The van der Waals surface area contributed by atoms with Crippen LogP contribution in [0.4, 0.5) is 5.69 Å². The normalized spacial score (nSPS) is 15.8. The Morgan fingerprint density at radius 3 is 2.67 bits per heavy atom. The molecule has 0 spiro atoms. The van der Waals surface area contributed by atoms with Gasteiger partial charge in [0.2, 0.25) is 0 Å². The van der Waals surface area contributed by atoms with E-state index in [0.717, 1.165) is 5.56 Å². The van der Waals surface area contributed by atoms with Gasteiger partial charge in [-0.05, 0) is 43.7 Å². The van der Waals surface area contributed by atoms with Crippen LogP contribution in [0.5, 0.6) is 5.75 Å². The summed E-state index contributed by atoms with van der Waals surface area (Å²) < 4.78 is 5.54. The second kappa shape index (κ2) is 6.58. The Hall–Kier alpha value is -3.08. The molecule has 1 aliphatic heterocycles. The lowest BCUT2D eigenvalue weighted by Crippen LogP contribution is -2.35. The molecule has 1 N–H and O–H groups in total.